The van der Waals surface area contributed by atoms with Gasteiger partial charge in [0.2, 0.25) is 0 Å². The molecule has 0 aromatic carbocycles. The number of aromatic nitrogens is 1. The molecule has 0 radical (unpaired) electrons. The summed E-state index contributed by atoms with van der Waals surface area (Å²) in [7, 11) is 0. The predicted octanol–water partition coefficient (Wildman–Crippen LogP) is 1.05. The van der Waals surface area contributed by atoms with E-state index in [0.29, 0.717) is 6.42 Å². The smallest absolute Gasteiger partial charge is 0.320 e. The first-order valence-corrected chi connectivity index (χ1v) is 5.43. The van der Waals surface area contributed by atoms with Gasteiger partial charge in [-0.2, -0.15) is 0 Å². The third kappa shape index (κ3) is 3.08. The van der Waals surface area contributed by atoms with Crippen molar-refractivity contribution in [2.75, 3.05) is 0 Å². The molecule has 0 aliphatic heterocycles. The van der Waals surface area contributed by atoms with Crippen molar-refractivity contribution < 1.29 is 9.90 Å². The molecule has 0 amide bonds. The lowest BCUT2D eigenvalue weighted by Gasteiger charge is -2.01. The van der Waals surface area contributed by atoms with E-state index >= 15 is 0 Å². The van der Waals surface area contributed by atoms with Gasteiger partial charge in [-0.25, -0.2) is 4.98 Å². The Kier molecular flexibility index (Phi) is 4.03. The molecule has 0 bridgehead atoms. The Bertz CT molecular complexity index is 312. The zero-order chi connectivity index (χ0) is 10.6. The highest BCUT2D eigenvalue weighted by Gasteiger charge is 2.14. The molecular formula is C9H14N2O2S. The Morgan fingerprint density at radius 1 is 1.79 bits per heavy atom. The standard InChI is InChI=1S/C9H14N2O2S/c1-2-3-6-5-14-8(11-6)4-7(10)9(12)13/h5,7H,2-4,10H2,1H3,(H,12,13). The molecule has 5 heteroatoms. The molecule has 1 atom stereocenters. The second-order valence-electron chi connectivity index (χ2n) is 3.13. The Hall–Kier alpha value is -0.940. The molecular weight excluding hydrogens is 200 g/mol. The summed E-state index contributed by atoms with van der Waals surface area (Å²) in [5, 5.41) is 11.4. The van der Waals surface area contributed by atoms with Crippen LogP contribution in [0.25, 0.3) is 0 Å². The van der Waals surface area contributed by atoms with Crippen molar-refractivity contribution >= 4 is 17.3 Å². The van der Waals surface area contributed by atoms with E-state index in [1.807, 2.05) is 5.38 Å². The molecule has 0 spiro atoms. The van der Waals surface area contributed by atoms with Crippen LogP contribution >= 0.6 is 11.3 Å². The summed E-state index contributed by atoms with van der Waals surface area (Å²) in [4.78, 5) is 14.8. The Morgan fingerprint density at radius 3 is 3.07 bits per heavy atom. The molecule has 1 unspecified atom stereocenters. The summed E-state index contributed by atoms with van der Waals surface area (Å²) in [5.74, 6) is -0.975. The molecule has 14 heavy (non-hydrogen) atoms. The quantitative estimate of drug-likeness (QED) is 0.768. The number of hydrogen-bond donors (Lipinski definition) is 2. The van der Waals surface area contributed by atoms with Crippen molar-refractivity contribution in [1.29, 1.82) is 0 Å². The minimum absolute atomic E-state index is 0.323. The monoisotopic (exact) mass is 214 g/mol. The van der Waals surface area contributed by atoms with Crippen LogP contribution in [-0.2, 0) is 17.6 Å². The number of carboxylic acids is 1. The van der Waals surface area contributed by atoms with Crippen molar-refractivity contribution in [3.05, 3.63) is 16.1 Å². The van der Waals surface area contributed by atoms with E-state index < -0.39 is 12.0 Å². The van der Waals surface area contributed by atoms with Crippen LogP contribution in [0.2, 0.25) is 0 Å². The summed E-state index contributed by atoms with van der Waals surface area (Å²) in [6, 6.07) is -0.837. The van der Waals surface area contributed by atoms with Gasteiger partial charge in [0.25, 0.3) is 0 Å². The number of carbonyl (C=O) groups is 1. The summed E-state index contributed by atoms with van der Waals surface area (Å²) in [5.41, 5.74) is 6.43. The Morgan fingerprint density at radius 2 is 2.50 bits per heavy atom. The Labute approximate surface area is 86.8 Å². The lowest BCUT2D eigenvalue weighted by Crippen LogP contribution is -2.32. The number of hydrogen-bond acceptors (Lipinski definition) is 4. The van der Waals surface area contributed by atoms with Crippen LogP contribution in [0.3, 0.4) is 0 Å². The fraction of sp³-hybridized carbons (Fsp3) is 0.556. The molecule has 1 rings (SSSR count). The number of aliphatic carboxylic acids is 1. The van der Waals surface area contributed by atoms with Gasteiger partial charge in [-0.3, -0.25) is 4.79 Å². The fourth-order valence-electron chi connectivity index (χ4n) is 1.09. The van der Waals surface area contributed by atoms with E-state index in [2.05, 4.69) is 11.9 Å². The minimum atomic E-state index is -0.975. The summed E-state index contributed by atoms with van der Waals surface area (Å²) in [6.45, 7) is 2.09. The van der Waals surface area contributed by atoms with Crippen molar-refractivity contribution in [3.63, 3.8) is 0 Å². The zero-order valence-electron chi connectivity index (χ0n) is 8.06. The van der Waals surface area contributed by atoms with E-state index in [0.717, 1.165) is 23.5 Å². The maximum atomic E-state index is 10.5. The summed E-state index contributed by atoms with van der Waals surface area (Å²) < 4.78 is 0. The van der Waals surface area contributed by atoms with Crippen LogP contribution in [0.4, 0.5) is 0 Å². The van der Waals surface area contributed by atoms with Crippen LogP contribution in [0.5, 0.6) is 0 Å². The molecule has 0 aliphatic carbocycles. The third-order valence-corrected chi connectivity index (χ3v) is 2.74. The van der Waals surface area contributed by atoms with Gasteiger partial charge >= 0.3 is 5.97 Å². The number of rotatable bonds is 5. The number of aryl methyl sites for hydroxylation is 1. The van der Waals surface area contributed by atoms with Gasteiger partial charge in [0.1, 0.15) is 6.04 Å². The molecule has 0 saturated heterocycles. The van der Waals surface area contributed by atoms with Crippen molar-refractivity contribution in [1.82, 2.24) is 4.98 Å². The van der Waals surface area contributed by atoms with Crippen molar-refractivity contribution in [2.24, 2.45) is 5.73 Å². The van der Waals surface area contributed by atoms with Gasteiger partial charge in [-0.1, -0.05) is 13.3 Å². The van der Waals surface area contributed by atoms with Crippen molar-refractivity contribution in [3.8, 4) is 0 Å². The first-order chi connectivity index (χ1) is 6.63. The molecule has 4 nitrogen and oxygen atoms in total. The van der Waals surface area contributed by atoms with Gasteiger partial charge in [-0.15, -0.1) is 11.3 Å². The fourth-order valence-corrected chi connectivity index (χ4v) is 1.98. The van der Waals surface area contributed by atoms with E-state index in [1.54, 1.807) is 0 Å². The largest absolute Gasteiger partial charge is 0.480 e. The molecule has 1 heterocycles. The highest BCUT2D eigenvalue weighted by atomic mass is 32.1. The average Bonchev–Trinajstić information content (AvgIpc) is 2.53. The number of nitrogens with two attached hydrogens (primary N) is 1. The highest BCUT2D eigenvalue weighted by molar-refractivity contribution is 7.09. The second-order valence-corrected chi connectivity index (χ2v) is 4.07. The Balaban J connectivity index is 2.55. The highest BCUT2D eigenvalue weighted by Crippen LogP contribution is 2.12. The van der Waals surface area contributed by atoms with Gasteiger partial charge in [0.15, 0.2) is 0 Å². The van der Waals surface area contributed by atoms with Crippen LogP contribution in [0.1, 0.15) is 24.0 Å². The van der Waals surface area contributed by atoms with Crippen LogP contribution in [0, 0.1) is 0 Å². The molecule has 1 aromatic rings. The lowest BCUT2D eigenvalue weighted by molar-refractivity contribution is -0.138. The maximum Gasteiger partial charge on any atom is 0.320 e. The maximum absolute atomic E-state index is 10.5. The van der Waals surface area contributed by atoms with Crippen LogP contribution in [0.15, 0.2) is 5.38 Å². The third-order valence-electron chi connectivity index (χ3n) is 1.82. The molecule has 1 aromatic heterocycles. The molecule has 78 valence electrons. The van der Waals surface area contributed by atoms with E-state index in [9.17, 15) is 4.79 Å². The predicted molar refractivity (Wildman–Crippen MR) is 55.4 cm³/mol. The van der Waals surface area contributed by atoms with E-state index in [-0.39, 0.29) is 0 Å². The van der Waals surface area contributed by atoms with Crippen LogP contribution in [-0.4, -0.2) is 22.1 Å². The number of nitrogens with zero attached hydrogens (tertiary/aromatic N) is 1. The lowest BCUT2D eigenvalue weighted by atomic mass is 10.2. The van der Waals surface area contributed by atoms with Gasteiger partial charge in [-0.05, 0) is 6.42 Å². The SMILES string of the molecule is CCCc1csc(CC(N)C(=O)O)n1. The topological polar surface area (TPSA) is 76.2 Å². The zero-order valence-corrected chi connectivity index (χ0v) is 8.88. The minimum Gasteiger partial charge on any atom is -0.480 e. The molecule has 0 aliphatic rings. The summed E-state index contributed by atoms with van der Waals surface area (Å²) in [6.07, 6.45) is 2.32. The van der Waals surface area contributed by atoms with Gasteiger partial charge < -0.3 is 10.8 Å². The molecule has 3 N–H and O–H groups in total. The summed E-state index contributed by atoms with van der Waals surface area (Å²) >= 11 is 1.48. The second kappa shape index (κ2) is 5.07. The van der Waals surface area contributed by atoms with E-state index in [4.69, 9.17) is 10.8 Å². The number of thiazole rings is 1. The van der Waals surface area contributed by atoms with Crippen molar-refractivity contribution in [2.45, 2.75) is 32.2 Å². The van der Waals surface area contributed by atoms with Gasteiger partial charge in [0.05, 0.1) is 10.7 Å². The van der Waals surface area contributed by atoms with Crippen LogP contribution < -0.4 is 5.73 Å². The molecule has 0 saturated carbocycles. The first kappa shape index (κ1) is 11.1. The number of carboxylic acid groups (broad SMARTS) is 1. The normalized spacial score (nSPS) is 12.7. The molecule has 0 fully saturated rings. The van der Waals surface area contributed by atoms with Gasteiger partial charge in [0, 0.05) is 11.8 Å². The van der Waals surface area contributed by atoms with E-state index in [1.165, 1.54) is 11.3 Å². The first-order valence-electron chi connectivity index (χ1n) is 4.55. The average molecular weight is 214 g/mol.